The molecule has 0 aliphatic heterocycles. The average molecular weight is 127 g/mol. The highest BCUT2D eigenvalue weighted by molar-refractivity contribution is 5.33. The summed E-state index contributed by atoms with van der Waals surface area (Å²) in [6, 6.07) is 0.169. The van der Waals surface area contributed by atoms with Crippen LogP contribution in [-0.2, 0) is 4.79 Å². The summed E-state index contributed by atoms with van der Waals surface area (Å²) in [5.74, 6) is 0.455. The first kappa shape index (κ1) is 8.38. The minimum atomic E-state index is 0.169. The van der Waals surface area contributed by atoms with Crippen LogP contribution in [0.4, 0.5) is 0 Å². The Kier molecular flexibility index (Phi) is 3.98. The second-order valence-corrected chi connectivity index (χ2v) is 2.44. The molecular weight excluding hydrogens is 114 g/mol. The van der Waals surface area contributed by atoms with Gasteiger partial charge in [0.25, 0.3) is 0 Å². The van der Waals surface area contributed by atoms with Crippen LogP contribution in [0.1, 0.15) is 27.2 Å². The molecule has 0 aromatic carbocycles. The van der Waals surface area contributed by atoms with E-state index in [1.54, 1.807) is 6.08 Å². The van der Waals surface area contributed by atoms with E-state index in [2.05, 4.69) is 18.8 Å². The van der Waals surface area contributed by atoms with Crippen molar-refractivity contribution in [2.45, 2.75) is 33.2 Å². The van der Waals surface area contributed by atoms with Crippen LogP contribution in [0.3, 0.4) is 0 Å². The molecule has 0 N–H and O–H groups in total. The molecular formula is C7H13NO. The van der Waals surface area contributed by atoms with Gasteiger partial charge in [-0.3, -0.25) is 0 Å². The van der Waals surface area contributed by atoms with E-state index < -0.39 is 0 Å². The molecule has 0 fully saturated rings. The molecule has 0 saturated heterocycles. The molecule has 0 amide bonds. The fourth-order valence-electron chi connectivity index (χ4n) is 0.779. The van der Waals surface area contributed by atoms with Crippen molar-refractivity contribution >= 4 is 6.08 Å². The van der Waals surface area contributed by atoms with Crippen LogP contribution in [0.25, 0.3) is 0 Å². The average Bonchev–Trinajstić information content (AvgIpc) is 1.82. The van der Waals surface area contributed by atoms with Crippen LogP contribution < -0.4 is 0 Å². The lowest BCUT2D eigenvalue weighted by Gasteiger charge is -2.09. The molecule has 2 nitrogen and oxygen atoms in total. The van der Waals surface area contributed by atoms with Gasteiger partial charge in [-0.25, -0.2) is 9.79 Å². The summed E-state index contributed by atoms with van der Waals surface area (Å²) in [6.45, 7) is 6.12. The predicted octanol–water partition coefficient (Wildman–Crippen LogP) is 1.76. The van der Waals surface area contributed by atoms with Crippen molar-refractivity contribution < 1.29 is 4.79 Å². The van der Waals surface area contributed by atoms with Gasteiger partial charge in [-0.15, -0.1) is 0 Å². The maximum absolute atomic E-state index is 9.79. The summed E-state index contributed by atoms with van der Waals surface area (Å²) in [7, 11) is 0. The van der Waals surface area contributed by atoms with Crippen molar-refractivity contribution in [3.63, 3.8) is 0 Å². The summed E-state index contributed by atoms with van der Waals surface area (Å²) < 4.78 is 0. The smallest absolute Gasteiger partial charge is 0.211 e. The Bertz CT molecular complexity index is 114. The van der Waals surface area contributed by atoms with Gasteiger partial charge in [-0.1, -0.05) is 20.8 Å². The number of carbonyl (C=O) groups excluding carboxylic acids is 1. The lowest BCUT2D eigenvalue weighted by Crippen LogP contribution is -2.10. The number of hydrogen-bond donors (Lipinski definition) is 0. The molecule has 0 aliphatic carbocycles. The molecule has 2 heteroatoms. The van der Waals surface area contributed by atoms with E-state index in [1.165, 1.54) is 0 Å². The first-order chi connectivity index (χ1) is 4.22. The lowest BCUT2D eigenvalue weighted by molar-refractivity contribution is 0.475. The van der Waals surface area contributed by atoms with Gasteiger partial charge >= 0.3 is 0 Å². The first-order valence-electron chi connectivity index (χ1n) is 3.29. The monoisotopic (exact) mass is 127 g/mol. The standard InChI is InChI=1S/C7H13NO/c1-4-7(6(2)3)8-5-9/h6-7H,4H2,1-3H3. The van der Waals surface area contributed by atoms with Gasteiger partial charge in [0.2, 0.25) is 6.08 Å². The van der Waals surface area contributed by atoms with E-state index in [9.17, 15) is 4.79 Å². The van der Waals surface area contributed by atoms with Crippen LogP contribution >= 0.6 is 0 Å². The molecule has 0 heterocycles. The van der Waals surface area contributed by atoms with Crippen molar-refractivity contribution in [2.75, 3.05) is 0 Å². The van der Waals surface area contributed by atoms with E-state index in [-0.39, 0.29) is 6.04 Å². The lowest BCUT2D eigenvalue weighted by atomic mass is 10.0. The Labute approximate surface area is 56.0 Å². The quantitative estimate of drug-likeness (QED) is 0.419. The van der Waals surface area contributed by atoms with Crippen molar-refractivity contribution in [3.05, 3.63) is 0 Å². The largest absolute Gasteiger partial charge is 0.235 e. The minimum Gasteiger partial charge on any atom is -0.211 e. The van der Waals surface area contributed by atoms with Crippen molar-refractivity contribution in [2.24, 2.45) is 10.9 Å². The molecule has 0 bridgehead atoms. The Morgan fingerprint density at radius 1 is 1.56 bits per heavy atom. The van der Waals surface area contributed by atoms with Gasteiger partial charge in [0.1, 0.15) is 0 Å². The molecule has 0 aliphatic rings. The molecule has 0 radical (unpaired) electrons. The molecule has 9 heavy (non-hydrogen) atoms. The van der Waals surface area contributed by atoms with E-state index >= 15 is 0 Å². The number of nitrogens with zero attached hydrogens (tertiary/aromatic N) is 1. The zero-order valence-electron chi connectivity index (χ0n) is 6.22. The predicted molar refractivity (Wildman–Crippen MR) is 37.0 cm³/mol. The van der Waals surface area contributed by atoms with Crippen LogP contribution in [0.5, 0.6) is 0 Å². The normalized spacial score (nSPS) is 12.9. The third-order valence-corrected chi connectivity index (χ3v) is 1.41. The zero-order chi connectivity index (χ0) is 7.28. The molecule has 0 rings (SSSR count). The second kappa shape index (κ2) is 4.28. The molecule has 52 valence electrons. The zero-order valence-corrected chi connectivity index (χ0v) is 6.22. The van der Waals surface area contributed by atoms with Crippen LogP contribution in [0.2, 0.25) is 0 Å². The Balaban J connectivity index is 3.82. The summed E-state index contributed by atoms with van der Waals surface area (Å²) in [4.78, 5) is 13.4. The molecule has 0 saturated carbocycles. The Morgan fingerprint density at radius 3 is 2.22 bits per heavy atom. The maximum Gasteiger partial charge on any atom is 0.235 e. The Morgan fingerprint density at radius 2 is 2.11 bits per heavy atom. The third-order valence-electron chi connectivity index (χ3n) is 1.41. The first-order valence-corrected chi connectivity index (χ1v) is 3.29. The SMILES string of the molecule is CCC(N=C=O)C(C)C. The van der Waals surface area contributed by atoms with Gasteiger partial charge in [-0.05, 0) is 12.3 Å². The Hall–Kier alpha value is -0.620. The highest BCUT2D eigenvalue weighted by Crippen LogP contribution is 2.08. The summed E-state index contributed by atoms with van der Waals surface area (Å²) in [5.41, 5.74) is 0. The second-order valence-electron chi connectivity index (χ2n) is 2.44. The number of rotatable bonds is 3. The third kappa shape index (κ3) is 3.04. The number of aliphatic imine (C=N–C) groups is 1. The van der Waals surface area contributed by atoms with Gasteiger partial charge in [0.15, 0.2) is 0 Å². The fourth-order valence-corrected chi connectivity index (χ4v) is 0.779. The molecule has 0 aromatic rings. The summed E-state index contributed by atoms with van der Waals surface area (Å²) in [5, 5.41) is 0. The maximum atomic E-state index is 9.79. The van der Waals surface area contributed by atoms with E-state index in [1.807, 2.05) is 6.92 Å². The topological polar surface area (TPSA) is 29.4 Å². The fraction of sp³-hybridized carbons (Fsp3) is 0.857. The number of hydrogen-bond acceptors (Lipinski definition) is 2. The molecule has 1 atom stereocenters. The van der Waals surface area contributed by atoms with Crippen LogP contribution in [-0.4, -0.2) is 12.1 Å². The van der Waals surface area contributed by atoms with Crippen LogP contribution in [0.15, 0.2) is 4.99 Å². The van der Waals surface area contributed by atoms with Crippen molar-refractivity contribution in [3.8, 4) is 0 Å². The molecule has 1 unspecified atom stereocenters. The van der Waals surface area contributed by atoms with Gasteiger partial charge in [0, 0.05) is 0 Å². The van der Waals surface area contributed by atoms with Gasteiger partial charge < -0.3 is 0 Å². The van der Waals surface area contributed by atoms with Gasteiger partial charge in [-0.2, -0.15) is 0 Å². The highest BCUT2D eigenvalue weighted by Gasteiger charge is 2.07. The molecule has 0 spiro atoms. The number of isocyanates is 1. The summed E-state index contributed by atoms with van der Waals surface area (Å²) >= 11 is 0. The van der Waals surface area contributed by atoms with Crippen molar-refractivity contribution in [1.82, 2.24) is 0 Å². The summed E-state index contributed by atoms with van der Waals surface area (Å²) in [6.07, 6.45) is 2.50. The van der Waals surface area contributed by atoms with Crippen molar-refractivity contribution in [1.29, 1.82) is 0 Å². The van der Waals surface area contributed by atoms with Gasteiger partial charge in [0.05, 0.1) is 6.04 Å². The highest BCUT2D eigenvalue weighted by atomic mass is 16.1. The van der Waals surface area contributed by atoms with E-state index in [4.69, 9.17) is 0 Å². The van der Waals surface area contributed by atoms with E-state index in [0.29, 0.717) is 5.92 Å². The minimum absolute atomic E-state index is 0.169. The van der Waals surface area contributed by atoms with E-state index in [0.717, 1.165) is 6.42 Å². The molecule has 0 aromatic heterocycles. The van der Waals surface area contributed by atoms with Crippen LogP contribution in [0, 0.1) is 5.92 Å².